The van der Waals surface area contributed by atoms with E-state index < -0.39 is 0 Å². The summed E-state index contributed by atoms with van der Waals surface area (Å²) in [5.74, 6) is -0.226. The predicted octanol–water partition coefficient (Wildman–Crippen LogP) is 3.17. The third kappa shape index (κ3) is 1.71. The SMILES string of the molecule is CC1C=C(F)C=CC=C1Cl. The van der Waals surface area contributed by atoms with Crippen molar-refractivity contribution in [3.63, 3.8) is 0 Å². The van der Waals surface area contributed by atoms with Gasteiger partial charge in [0.25, 0.3) is 0 Å². The Balaban J connectivity index is 2.88. The molecule has 1 aliphatic rings. The van der Waals surface area contributed by atoms with Gasteiger partial charge in [-0.2, -0.15) is 0 Å². The minimum atomic E-state index is -0.223. The van der Waals surface area contributed by atoms with Gasteiger partial charge in [-0.05, 0) is 18.2 Å². The van der Waals surface area contributed by atoms with E-state index in [0.29, 0.717) is 5.03 Å². The van der Waals surface area contributed by atoms with E-state index in [-0.39, 0.29) is 11.7 Å². The van der Waals surface area contributed by atoms with Crippen LogP contribution in [0.5, 0.6) is 0 Å². The van der Waals surface area contributed by atoms with Crippen molar-refractivity contribution in [3.8, 4) is 0 Å². The summed E-state index contributed by atoms with van der Waals surface area (Å²) in [5, 5.41) is 0.670. The zero-order valence-electron chi connectivity index (χ0n) is 5.64. The molecule has 0 heterocycles. The Morgan fingerprint density at radius 1 is 1.60 bits per heavy atom. The van der Waals surface area contributed by atoms with Crippen LogP contribution >= 0.6 is 11.6 Å². The molecule has 0 fully saturated rings. The van der Waals surface area contributed by atoms with Gasteiger partial charge in [0.2, 0.25) is 0 Å². The Labute approximate surface area is 64.7 Å². The number of hydrogen-bond donors (Lipinski definition) is 0. The van der Waals surface area contributed by atoms with Crippen LogP contribution in [0.3, 0.4) is 0 Å². The normalized spacial score (nSPS) is 25.3. The lowest BCUT2D eigenvalue weighted by molar-refractivity contribution is 0.653. The van der Waals surface area contributed by atoms with Crippen LogP contribution in [0.1, 0.15) is 6.92 Å². The van der Waals surface area contributed by atoms with Gasteiger partial charge in [-0.15, -0.1) is 0 Å². The summed E-state index contributed by atoms with van der Waals surface area (Å²) >= 11 is 5.74. The fraction of sp³-hybridized carbons (Fsp3) is 0.250. The van der Waals surface area contributed by atoms with Crippen molar-refractivity contribution in [2.75, 3.05) is 0 Å². The molecular weight excluding hydrogens is 151 g/mol. The predicted molar refractivity (Wildman–Crippen MR) is 41.4 cm³/mol. The van der Waals surface area contributed by atoms with Crippen molar-refractivity contribution in [1.29, 1.82) is 0 Å². The Morgan fingerprint density at radius 2 is 2.30 bits per heavy atom. The second kappa shape index (κ2) is 3.02. The topological polar surface area (TPSA) is 0 Å². The molecule has 10 heavy (non-hydrogen) atoms. The van der Waals surface area contributed by atoms with E-state index in [1.807, 2.05) is 6.92 Å². The summed E-state index contributed by atoms with van der Waals surface area (Å²) in [6.07, 6.45) is 6.20. The lowest BCUT2D eigenvalue weighted by Crippen LogP contribution is -1.87. The zero-order valence-corrected chi connectivity index (χ0v) is 6.40. The second-order valence-electron chi connectivity index (χ2n) is 2.25. The van der Waals surface area contributed by atoms with Crippen LogP contribution in [0.4, 0.5) is 4.39 Å². The molecule has 0 bridgehead atoms. The van der Waals surface area contributed by atoms with Gasteiger partial charge < -0.3 is 0 Å². The molecule has 0 radical (unpaired) electrons. The van der Waals surface area contributed by atoms with Gasteiger partial charge in [0.1, 0.15) is 5.83 Å². The summed E-state index contributed by atoms with van der Waals surface area (Å²) in [6.45, 7) is 1.85. The Kier molecular flexibility index (Phi) is 2.28. The van der Waals surface area contributed by atoms with Crippen LogP contribution < -0.4 is 0 Å². The van der Waals surface area contributed by atoms with E-state index in [1.165, 1.54) is 12.2 Å². The molecule has 0 aliphatic heterocycles. The van der Waals surface area contributed by atoms with Crippen molar-refractivity contribution in [2.24, 2.45) is 5.92 Å². The molecule has 0 aromatic carbocycles. The summed E-state index contributed by atoms with van der Waals surface area (Å²) < 4.78 is 12.5. The third-order valence-electron chi connectivity index (χ3n) is 1.36. The zero-order chi connectivity index (χ0) is 7.56. The van der Waals surface area contributed by atoms with Crippen molar-refractivity contribution in [2.45, 2.75) is 6.92 Å². The molecule has 0 N–H and O–H groups in total. The molecule has 0 nitrogen and oxygen atoms in total. The van der Waals surface area contributed by atoms with Gasteiger partial charge in [0.15, 0.2) is 0 Å². The minimum absolute atomic E-state index is 0.00309. The van der Waals surface area contributed by atoms with Crippen LogP contribution in [0, 0.1) is 5.92 Å². The average Bonchev–Trinajstić information content (AvgIpc) is 1.96. The number of allylic oxidation sites excluding steroid dienone is 6. The van der Waals surface area contributed by atoms with E-state index in [0.717, 1.165) is 0 Å². The summed E-state index contributed by atoms with van der Waals surface area (Å²) in [5.41, 5.74) is 0. The Bertz CT molecular complexity index is 213. The number of hydrogen-bond acceptors (Lipinski definition) is 0. The Morgan fingerprint density at radius 3 is 3.00 bits per heavy atom. The average molecular weight is 159 g/mol. The van der Waals surface area contributed by atoms with Gasteiger partial charge in [-0.3, -0.25) is 0 Å². The van der Waals surface area contributed by atoms with Gasteiger partial charge in [-0.25, -0.2) is 4.39 Å². The quantitative estimate of drug-likeness (QED) is 0.508. The van der Waals surface area contributed by atoms with Gasteiger partial charge in [-0.1, -0.05) is 24.6 Å². The monoisotopic (exact) mass is 158 g/mol. The fourth-order valence-corrected chi connectivity index (χ4v) is 0.893. The molecule has 1 atom stereocenters. The van der Waals surface area contributed by atoms with Gasteiger partial charge in [0, 0.05) is 11.0 Å². The van der Waals surface area contributed by atoms with E-state index in [9.17, 15) is 4.39 Å². The summed E-state index contributed by atoms with van der Waals surface area (Å²) in [7, 11) is 0. The first-order chi connectivity index (χ1) is 4.70. The Hall–Kier alpha value is -0.560. The highest BCUT2D eigenvalue weighted by Gasteiger charge is 2.05. The molecular formula is C8H8ClF. The highest BCUT2D eigenvalue weighted by molar-refractivity contribution is 6.30. The van der Waals surface area contributed by atoms with Crippen LogP contribution in [-0.4, -0.2) is 0 Å². The molecule has 0 aromatic heterocycles. The molecule has 2 heteroatoms. The highest BCUT2D eigenvalue weighted by atomic mass is 35.5. The third-order valence-corrected chi connectivity index (χ3v) is 1.83. The maximum Gasteiger partial charge on any atom is 0.119 e. The molecule has 1 aliphatic carbocycles. The first kappa shape index (κ1) is 7.55. The van der Waals surface area contributed by atoms with Crippen LogP contribution in [0.25, 0.3) is 0 Å². The summed E-state index contributed by atoms with van der Waals surface area (Å²) in [4.78, 5) is 0. The lowest BCUT2D eigenvalue weighted by atomic mass is 10.1. The van der Waals surface area contributed by atoms with Crippen LogP contribution in [0.15, 0.2) is 35.2 Å². The van der Waals surface area contributed by atoms with Crippen LogP contribution in [-0.2, 0) is 0 Å². The molecule has 0 saturated heterocycles. The maximum atomic E-state index is 12.5. The van der Waals surface area contributed by atoms with Crippen molar-refractivity contribution in [3.05, 3.63) is 35.2 Å². The molecule has 0 saturated carbocycles. The highest BCUT2D eigenvalue weighted by Crippen LogP contribution is 2.21. The number of rotatable bonds is 0. The molecule has 0 spiro atoms. The van der Waals surface area contributed by atoms with E-state index in [4.69, 9.17) is 11.6 Å². The largest absolute Gasteiger partial charge is 0.207 e. The molecule has 1 rings (SSSR count). The maximum absolute atomic E-state index is 12.5. The summed E-state index contributed by atoms with van der Waals surface area (Å²) in [6, 6.07) is 0. The van der Waals surface area contributed by atoms with Gasteiger partial charge in [0.05, 0.1) is 0 Å². The number of halogens is 2. The molecule has 54 valence electrons. The minimum Gasteiger partial charge on any atom is -0.207 e. The first-order valence-corrected chi connectivity index (χ1v) is 3.49. The lowest BCUT2D eigenvalue weighted by Gasteiger charge is -2.00. The van der Waals surface area contributed by atoms with Crippen molar-refractivity contribution in [1.82, 2.24) is 0 Å². The van der Waals surface area contributed by atoms with Crippen molar-refractivity contribution < 1.29 is 4.39 Å². The van der Waals surface area contributed by atoms with Gasteiger partial charge >= 0.3 is 0 Å². The molecule has 1 unspecified atom stereocenters. The van der Waals surface area contributed by atoms with Crippen LogP contribution in [0.2, 0.25) is 0 Å². The van der Waals surface area contributed by atoms with E-state index >= 15 is 0 Å². The van der Waals surface area contributed by atoms with Crippen molar-refractivity contribution >= 4 is 11.6 Å². The standard InChI is InChI=1S/C8H8ClF/c1-6-5-7(10)3-2-4-8(6)9/h2-6H,1H3. The second-order valence-corrected chi connectivity index (χ2v) is 2.69. The smallest absolute Gasteiger partial charge is 0.119 e. The first-order valence-electron chi connectivity index (χ1n) is 3.11. The van der Waals surface area contributed by atoms with E-state index in [1.54, 1.807) is 12.2 Å². The van der Waals surface area contributed by atoms with E-state index in [2.05, 4.69) is 0 Å². The molecule has 0 aromatic rings. The fourth-order valence-electron chi connectivity index (χ4n) is 0.758. The molecule has 0 amide bonds.